The fourth-order valence-corrected chi connectivity index (χ4v) is 2.87. The van der Waals surface area contributed by atoms with Crippen LogP contribution in [0.2, 0.25) is 0 Å². The van der Waals surface area contributed by atoms with E-state index in [9.17, 15) is 12.8 Å². The third kappa shape index (κ3) is 4.74. The largest absolute Gasteiger partial charge is 0.347 e. The van der Waals surface area contributed by atoms with E-state index in [4.69, 9.17) is 0 Å². The lowest BCUT2D eigenvalue weighted by Gasteiger charge is -2.11. The second kappa shape index (κ2) is 6.80. The highest BCUT2D eigenvalue weighted by atomic mass is 32.2. The molecule has 0 saturated heterocycles. The number of rotatable bonds is 6. The van der Waals surface area contributed by atoms with Crippen LogP contribution in [0.3, 0.4) is 0 Å². The smallest absolute Gasteiger partial charge is 0.225 e. The van der Waals surface area contributed by atoms with Gasteiger partial charge in [-0.05, 0) is 23.8 Å². The Balaban J connectivity index is 2.02. The third-order valence-corrected chi connectivity index (χ3v) is 4.12. The Bertz CT molecular complexity index is 750. The summed E-state index contributed by atoms with van der Waals surface area (Å²) in [6.45, 7) is 0.0566. The predicted molar refractivity (Wildman–Crippen MR) is 82.2 cm³/mol. The lowest BCUT2D eigenvalue weighted by Crippen LogP contribution is -2.25. The van der Waals surface area contributed by atoms with Crippen LogP contribution in [0.25, 0.3) is 0 Å². The number of halogens is 1. The Morgan fingerprint density at radius 1 is 1.27 bits per heavy atom. The molecule has 0 saturated carbocycles. The van der Waals surface area contributed by atoms with Gasteiger partial charge in [-0.2, -0.15) is 0 Å². The first kappa shape index (κ1) is 16.3. The van der Waals surface area contributed by atoms with Gasteiger partial charge in [0.2, 0.25) is 16.0 Å². The molecule has 8 heteroatoms. The molecule has 22 heavy (non-hydrogen) atoms. The number of sulfonamides is 1. The molecule has 0 spiro atoms. The van der Waals surface area contributed by atoms with Gasteiger partial charge >= 0.3 is 0 Å². The van der Waals surface area contributed by atoms with Gasteiger partial charge in [-0.25, -0.2) is 27.5 Å². The fraction of sp³-hybridized carbons (Fsp3) is 0.286. The van der Waals surface area contributed by atoms with E-state index < -0.39 is 15.8 Å². The van der Waals surface area contributed by atoms with Crippen LogP contribution in [-0.2, 0) is 22.3 Å². The van der Waals surface area contributed by atoms with Gasteiger partial charge in [0.05, 0.1) is 18.0 Å². The third-order valence-electron chi connectivity index (χ3n) is 2.82. The lowest BCUT2D eigenvalue weighted by atomic mass is 10.2. The van der Waals surface area contributed by atoms with Crippen molar-refractivity contribution >= 4 is 16.0 Å². The highest BCUT2D eigenvalue weighted by molar-refractivity contribution is 7.88. The van der Waals surface area contributed by atoms with Gasteiger partial charge in [-0.3, -0.25) is 0 Å². The zero-order valence-corrected chi connectivity index (χ0v) is 13.1. The number of nitrogens with one attached hydrogen (secondary N) is 1. The molecule has 0 aliphatic heterocycles. The van der Waals surface area contributed by atoms with Crippen LogP contribution >= 0.6 is 0 Å². The molecule has 0 aliphatic rings. The first-order chi connectivity index (χ1) is 10.4. The molecule has 0 aliphatic carbocycles. The maximum absolute atomic E-state index is 13.1. The molecule has 1 heterocycles. The van der Waals surface area contributed by atoms with E-state index in [-0.39, 0.29) is 12.3 Å². The normalized spacial score (nSPS) is 11.4. The summed E-state index contributed by atoms with van der Waals surface area (Å²) in [6.07, 6.45) is 1.57. The molecule has 1 aromatic heterocycles. The van der Waals surface area contributed by atoms with Crippen LogP contribution in [0.5, 0.6) is 0 Å². The molecule has 118 valence electrons. The Labute approximate surface area is 129 Å². The molecule has 6 nitrogen and oxygen atoms in total. The van der Waals surface area contributed by atoms with Gasteiger partial charge in [-0.1, -0.05) is 12.1 Å². The summed E-state index contributed by atoms with van der Waals surface area (Å²) in [7, 11) is 0.0243. The van der Waals surface area contributed by atoms with Crippen molar-refractivity contribution in [1.29, 1.82) is 0 Å². The average Bonchev–Trinajstić information content (AvgIpc) is 2.45. The maximum Gasteiger partial charge on any atom is 0.225 e. The van der Waals surface area contributed by atoms with E-state index in [1.165, 1.54) is 18.2 Å². The number of aromatic nitrogens is 2. The van der Waals surface area contributed by atoms with E-state index in [0.29, 0.717) is 17.2 Å². The highest BCUT2D eigenvalue weighted by Gasteiger charge is 2.12. The Kier molecular flexibility index (Phi) is 5.04. The predicted octanol–water partition coefficient (Wildman–Crippen LogP) is 1.30. The summed E-state index contributed by atoms with van der Waals surface area (Å²) in [6, 6.07) is 7.16. The number of anilines is 1. The van der Waals surface area contributed by atoms with E-state index in [0.717, 1.165) is 0 Å². The molecule has 0 unspecified atom stereocenters. The molecule has 0 atom stereocenters. The SMILES string of the molecule is CN(C)c1nccc(CNS(=O)(=O)Cc2cccc(F)c2)n1. The summed E-state index contributed by atoms with van der Waals surface area (Å²) >= 11 is 0. The summed E-state index contributed by atoms with van der Waals surface area (Å²) in [5.74, 6) is -0.239. The second-order valence-electron chi connectivity index (χ2n) is 4.95. The van der Waals surface area contributed by atoms with Crippen molar-refractivity contribution in [2.24, 2.45) is 0 Å². The maximum atomic E-state index is 13.1. The molecule has 2 aromatic rings. The number of hydrogen-bond acceptors (Lipinski definition) is 5. The summed E-state index contributed by atoms with van der Waals surface area (Å²) in [5, 5.41) is 0. The molecular formula is C14H17FN4O2S. The average molecular weight is 324 g/mol. The van der Waals surface area contributed by atoms with E-state index >= 15 is 0 Å². The van der Waals surface area contributed by atoms with Gasteiger partial charge in [0.1, 0.15) is 5.82 Å². The van der Waals surface area contributed by atoms with Gasteiger partial charge < -0.3 is 4.90 Å². The summed E-state index contributed by atoms with van der Waals surface area (Å²) < 4.78 is 39.6. The summed E-state index contributed by atoms with van der Waals surface area (Å²) in [5.41, 5.74) is 0.950. The van der Waals surface area contributed by atoms with Gasteiger partial charge in [0, 0.05) is 20.3 Å². The van der Waals surface area contributed by atoms with Crippen LogP contribution < -0.4 is 9.62 Å². The zero-order valence-electron chi connectivity index (χ0n) is 12.3. The fourth-order valence-electron chi connectivity index (χ4n) is 1.78. The lowest BCUT2D eigenvalue weighted by molar-refractivity contribution is 0.579. The van der Waals surface area contributed by atoms with Crippen LogP contribution in [-0.4, -0.2) is 32.5 Å². The molecule has 1 N–H and O–H groups in total. The molecule has 0 radical (unpaired) electrons. The number of hydrogen-bond donors (Lipinski definition) is 1. The molecule has 0 bridgehead atoms. The van der Waals surface area contributed by atoms with Gasteiger partial charge in [-0.15, -0.1) is 0 Å². The molecule has 1 aromatic carbocycles. The highest BCUT2D eigenvalue weighted by Crippen LogP contribution is 2.08. The van der Waals surface area contributed by atoms with E-state index in [1.54, 1.807) is 37.3 Å². The minimum atomic E-state index is -3.57. The van der Waals surface area contributed by atoms with Crippen LogP contribution in [0.15, 0.2) is 36.5 Å². The van der Waals surface area contributed by atoms with Crippen LogP contribution in [0.4, 0.5) is 10.3 Å². The molecule has 2 rings (SSSR count). The minimum absolute atomic E-state index is 0.0566. The van der Waals surface area contributed by atoms with Crippen molar-refractivity contribution in [3.63, 3.8) is 0 Å². The molecule has 0 amide bonds. The Hall–Kier alpha value is -2.06. The number of nitrogens with zero attached hydrogens (tertiary/aromatic N) is 3. The Morgan fingerprint density at radius 2 is 2.05 bits per heavy atom. The van der Waals surface area contributed by atoms with Crippen LogP contribution in [0, 0.1) is 5.82 Å². The van der Waals surface area contributed by atoms with Gasteiger partial charge in [0.15, 0.2) is 0 Å². The van der Waals surface area contributed by atoms with Crippen molar-refractivity contribution < 1.29 is 12.8 Å². The van der Waals surface area contributed by atoms with E-state index in [1.807, 2.05) is 0 Å². The topological polar surface area (TPSA) is 75.2 Å². The first-order valence-electron chi connectivity index (χ1n) is 6.57. The number of benzene rings is 1. The van der Waals surface area contributed by atoms with Crippen molar-refractivity contribution in [3.8, 4) is 0 Å². The van der Waals surface area contributed by atoms with Crippen molar-refractivity contribution in [1.82, 2.24) is 14.7 Å². The molecule has 0 fully saturated rings. The van der Waals surface area contributed by atoms with Crippen LogP contribution in [0.1, 0.15) is 11.3 Å². The van der Waals surface area contributed by atoms with Gasteiger partial charge in [0.25, 0.3) is 0 Å². The van der Waals surface area contributed by atoms with Crippen molar-refractivity contribution in [3.05, 3.63) is 53.6 Å². The summed E-state index contributed by atoms with van der Waals surface area (Å²) in [4.78, 5) is 10.0. The zero-order chi connectivity index (χ0) is 16.2. The van der Waals surface area contributed by atoms with Crippen molar-refractivity contribution in [2.75, 3.05) is 19.0 Å². The monoisotopic (exact) mass is 324 g/mol. The van der Waals surface area contributed by atoms with Crippen molar-refractivity contribution in [2.45, 2.75) is 12.3 Å². The quantitative estimate of drug-likeness (QED) is 0.867. The van der Waals surface area contributed by atoms with E-state index in [2.05, 4.69) is 14.7 Å². The minimum Gasteiger partial charge on any atom is -0.347 e. The standard InChI is InChI=1S/C14H17FN4O2S/c1-19(2)14-16-7-6-13(18-14)9-17-22(20,21)10-11-4-3-5-12(15)8-11/h3-8,17H,9-10H2,1-2H3. The first-order valence-corrected chi connectivity index (χ1v) is 8.22. The Morgan fingerprint density at radius 3 is 2.73 bits per heavy atom. The molecular weight excluding hydrogens is 307 g/mol. The second-order valence-corrected chi connectivity index (χ2v) is 6.76.